The van der Waals surface area contributed by atoms with Crippen molar-refractivity contribution >= 4 is 41.9 Å². The quantitative estimate of drug-likeness (QED) is 0.438. The van der Waals surface area contributed by atoms with Crippen molar-refractivity contribution in [2.45, 2.75) is 26.4 Å². The van der Waals surface area contributed by atoms with Gasteiger partial charge in [-0.25, -0.2) is 4.79 Å². The summed E-state index contributed by atoms with van der Waals surface area (Å²) in [6.45, 7) is 3.30. The lowest BCUT2D eigenvalue weighted by molar-refractivity contribution is -0.131. The molecule has 24 heavy (non-hydrogen) atoms. The molecule has 2 unspecified atom stereocenters. The number of amides is 2. The number of benzene rings is 1. The zero-order valence-electron chi connectivity index (χ0n) is 13.2. The molecule has 0 spiro atoms. The van der Waals surface area contributed by atoms with E-state index >= 15 is 0 Å². The van der Waals surface area contributed by atoms with Crippen molar-refractivity contribution in [3.63, 3.8) is 0 Å². The van der Waals surface area contributed by atoms with Crippen LogP contribution in [-0.4, -0.2) is 29.7 Å². The summed E-state index contributed by atoms with van der Waals surface area (Å²) in [5.74, 6) is -0.511. The van der Waals surface area contributed by atoms with E-state index in [0.29, 0.717) is 12.1 Å². The molecular weight excluding hydrogens is 403 g/mol. The first kappa shape index (κ1) is 20.5. The Bertz CT molecular complexity index is 581. The summed E-state index contributed by atoms with van der Waals surface area (Å²) >= 11 is 3.28. The Hall–Kier alpha value is -1.54. The second-order valence-electron chi connectivity index (χ2n) is 5.21. The second kappa shape index (κ2) is 10.4. The largest absolute Gasteiger partial charge is 0.696 e. The average molecular weight is 422 g/mol. The molecule has 0 aromatic heterocycles. The van der Waals surface area contributed by atoms with E-state index in [2.05, 4.69) is 31.1 Å². The summed E-state index contributed by atoms with van der Waals surface area (Å²) in [7, 11) is -2.81. The predicted molar refractivity (Wildman–Crippen MR) is 91.4 cm³/mol. The molecule has 3 N–H and O–H groups in total. The molecule has 132 valence electrons. The molecular formula is C14H19BrN2O6P+. The Morgan fingerprint density at radius 3 is 2.46 bits per heavy atom. The summed E-state index contributed by atoms with van der Waals surface area (Å²) in [4.78, 5) is 32.5. The summed E-state index contributed by atoms with van der Waals surface area (Å²) in [6.07, 6.45) is -1.52. The Morgan fingerprint density at radius 2 is 1.92 bits per heavy atom. The van der Waals surface area contributed by atoms with E-state index in [1.807, 2.05) is 13.8 Å². The van der Waals surface area contributed by atoms with Crippen LogP contribution in [0, 0.1) is 5.92 Å². The lowest BCUT2D eigenvalue weighted by atomic mass is 10.1. The Balaban J connectivity index is 2.60. The first-order chi connectivity index (χ1) is 11.3. The van der Waals surface area contributed by atoms with Gasteiger partial charge in [0.05, 0.1) is 0 Å². The topological polar surface area (TPSA) is 114 Å². The molecule has 10 heteroatoms. The molecule has 2 amide bonds. The molecule has 0 aliphatic heterocycles. The second-order valence-corrected chi connectivity index (χ2v) is 6.86. The molecule has 0 saturated carbocycles. The fourth-order valence-electron chi connectivity index (χ4n) is 1.72. The van der Waals surface area contributed by atoms with Gasteiger partial charge < -0.3 is 10.1 Å². The molecule has 1 rings (SSSR count). The highest BCUT2D eigenvalue weighted by atomic mass is 79.9. The van der Waals surface area contributed by atoms with E-state index in [1.54, 1.807) is 24.3 Å². The van der Waals surface area contributed by atoms with Crippen LogP contribution < -0.4 is 10.6 Å². The fourth-order valence-corrected chi connectivity index (χ4v) is 2.16. The lowest BCUT2D eigenvalue weighted by Gasteiger charge is -2.19. The van der Waals surface area contributed by atoms with Crippen molar-refractivity contribution in [2.24, 2.45) is 5.92 Å². The van der Waals surface area contributed by atoms with Gasteiger partial charge in [0.15, 0.2) is 12.8 Å². The van der Waals surface area contributed by atoms with E-state index in [0.717, 1.165) is 4.47 Å². The fraction of sp³-hybridized carbons (Fsp3) is 0.429. The highest BCUT2D eigenvalue weighted by Crippen LogP contribution is 2.16. The van der Waals surface area contributed by atoms with Gasteiger partial charge in [0, 0.05) is 14.7 Å². The van der Waals surface area contributed by atoms with Crippen LogP contribution in [0.25, 0.3) is 0 Å². The molecule has 2 atom stereocenters. The van der Waals surface area contributed by atoms with Crippen LogP contribution >= 0.6 is 24.2 Å². The van der Waals surface area contributed by atoms with Crippen LogP contribution in [0.2, 0.25) is 0 Å². The van der Waals surface area contributed by atoms with E-state index in [-0.39, 0.29) is 5.92 Å². The molecule has 1 aromatic rings. The minimum atomic E-state index is -2.81. The van der Waals surface area contributed by atoms with Crippen molar-refractivity contribution in [1.82, 2.24) is 5.32 Å². The van der Waals surface area contributed by atoms with Crippen molar-refractivity contribution in [1.29, 1.82) is 0 Å². The molecule has 0 saturated heterocycles. The van der Waals surface area contributed by atoms with Gasteiger partial charge in [-0.3, -0.25) is 10.1 Å². The number of hydrogen-bond donors (Lipinski definition) is 3. The number of nitrogens with one attached hydrogen (secondary N) is 2. The maximum atomic E-state index is 12.0. The number of rotatable bonds is 8. The molecule has 0 heterocycles. The maximum Gasteiger partial charge on any atom is 0.696 e. The maximum absolute atomic E-state index is 12.0. The standard InChI is InChI=1S/C14H18BrN2O6P/c1-9(2)7-12(13(18)16-8-22-24(20)21)23-14(19)17-11-5-3-10(15)4-6-11/h3-6,9,12H,7-8H2,1-2H3,(H2-,16,17,18,19,20,21)/p+1. The highest BCUT2D eigenvalue weighted by Gasteiger charge is 2.25. The highest BCUT2D eigenvalue weighted by molar-refractivity contribution is 9.10. The monoisotopic (exact) mass is 421 g/mol. The van der Waals surface area contributed by atoms with E-state index in [9.17, 15) is 14.2 Å². The van der Waals surface area contributed by atoms with Gasteiger partial charge in [-0.15, -0.1) is 4.89 Å². The minimum Gasteiger partial charge on any atom is -0.436 e. The van der Waals surface area contributed by atoms with Crippen LogP contribution in [0.4, 0.5) is 10.5 Å². The Kier molecular flexibility index (Phi) is 8.84. The Labute approximate surface area is 149 Å². The normalized spacial score (nSPS) is 12.5. The summed E-state index contributed by atoms with van der Waals surface area (Å²) in [5.41, 5.74) is 0.521. The SMILES string of the molecule is CC(C)CC(OC(=O)Nc1ccc(Br)cc1)C(=O)NCO[P+](=O)O. The first-order valence-corrected chi connectivity index (χ1v) is 9.00. The van der Waals surface area contributed by atoms with Crippen LogP contribution in [0.1, 0.15) is 20.3 Å². The predicted octanol–water partition coefficient (Wildman–Crippen LogP) is 3.15. The number of hydrogen-bond acceptors (Lipinski definition) is 5. The van der Waals surface area contributed by atoms with Gasteiger partial charge in [-0.1, -0.05) is 34.3 Å². The molecule has 1 aromatic carbocycles. The van der Waals surface area contributed by atoms with Crippen LogP contribution in [0.3, 0.4) is 0 Å². The van der Waals surface area contributed by atoms with Gasteiger partial charge in [0.25, 0.3) is 5.91 Å². The molecule has 8 nitrogen and oxygen atoms in total. The van der Waals surface area contributed by atoms with Crippen LogP contribution in [0.5, 0.6) is 0 Å². The minimum absolute atomic E-state index is 0.0941. The van der Waals surface area contributed by atoms with Gasteiger partial charge in [-0.05, 0) is 36.6 Å². The number of halogens is 1. The van der Waals surface area contributed by atoms with E-state index < -0.39 is 33.1 Å². The van der Waals surface area contributed by atoms with Crippen molar-refractivity contribution in [3.8, 4) is 0 Å². The Morgan fingerprint density at radius 1 is 1.29 bits per heavy atom. The zero-order valence-corrected chi connectivity index (χ0v) is 15.7. The van der Waals surface area contributed by atoms with Gasteiger partial charge in [0.1, 0.15) is 0 Å². The van der Waals surface area contributed by atoms with Crippen molar-refractivity contribution < 1.29 is 28.3 Å². The third-order valence-electron chi connectivity index (χ3n) is 2.74. The molecule has 0 fully saturated rings. The zero-order chi connectivity index (χ0) is 18.1. The third kappa shape index (κ3) is 8.35. The molecule has 0 aliphatic rings. The summed E-state index contributed by atoms with van der Waals surface area (Å²) in [6, 6.07) is 6.85. The van der Waals surface area contributed by atoms with Gasteiger partial charge >= 0.3 is 14.3 Å². The average Bonchev–Trinajstić information content (AvgIpc) is 2.48. The lowest BCUT2D eigenvalue weighted by Crippen LogP contribution is -2.40. The van der Waals surface area contributed by atoms with E-state index in [1.165, 1.54) is 0 Å². The molecule has 0 radical (unpaired) electrons. The first-order valence-electron chi connectivity index (χ1n) is 7.08. The summed E-state index contributed by atoms with van der Waals surface area (Å²) in [5, 5.41) is 4.80. The van der Waals surface area contributed by atoms with Gasteiger partial charge in [-0.2, -0.15) is 0 Å². The number of carbonyl (C=O) groups excluding carboxylic acids is 2. The van der Waals surface area contributed by atoms with E-state index in [4.69, 9.17) is 9.63 Å². The van der Waals surface area contributed by atoms with Crippen LogP contribution in [-0.2, 0) is 18.6 Å². The smallest absolute Gasteiger partial charge is 0.436 e. The molecule has 0 bridgehead atoms. The molecule has 0 aliphatic carbocycles. The number of carbonyl (C=O) groups is 2. The number of anilines is 1. The van der Waals surface area contributed by atoms with Crippen LogP contribution in [0.15, 0.2) is 28.7 Å². The van der Waals surface area contributed by atoms with Gasteiger partial charge in [0.2, 0.25) is 0 Å². The third-order valence-corrected chi connectivity index (χ3v) is 3.62. The number of ether oxygens (including phenoxy) is 1. The van der Waals surface area contributed by atoms with Crippen molar-refractivity contribution in [3.05, 3.63) is 28.7 Å². The van der Waals surface area contributed by atoms with Crippen molar-refractivity contribution in [2.75, 3.05) is 12.0 Å². The summed E-state index contributed by atoms with van der Waals surface area (Å²) < 4.78 is 20.8.